The van der Waals surface area contributed by atoms with E-state index >= 15 is 0 Å². The molecule has 0 radical (unpaired) electrons. The van der Waals surface area contributed by atoms with Crippen molar-refractivity contribution in [3.8, 4) is 45.1 Å². The molecule has 0 saturated heterocycles. The van der Waals surface area contributed by atoms with Gasteiger partial charge in [-0.25, -0.2) is 14.4 Å². The van der Waals surface area contributed by atoms with Crippen LogP contribution >= 0.6 is 0 Å². The van der Waals surface area contributed by atoms with Crippen LogP contribution in [0.1, 0.15) is 0 Å². The molecular weight excluding hydrogens is 676 g/mol. The summed E-state index contributed by atoms with van der Waals surface area (Å²) in [6.45, 7) is 0. The lowest BCUT2D eigenvalue weighted by Crippen LogP contribution is -1.97. The summed E-state index contributed by atoms with van der Waals surface area (Å²) in [6.07, 6.45) is 0. The highest BCUT2D eigenvalue weighted by molar-refractivity contribution is 6.12. The highest BCUT2D eigenvalue weighted by atomic mass is 19.1. The van der Waals surface area contributed by atoms with E-state index in [0.29, 0.717) is 5.82 Å². The van der Waals surface area contributed by atoms with Crippen molar-refractivity contribution in [1.29, 1.82) is 0 Å². The Morgan fingerprint density at radius 1 is 0.345 bits per heavy atom. The van der Waals surface area contributed by atoms with Gasteiger partial charge in [0.05, 0.1) is 33.3 Å². The maximum atomic E-state index is 14.4. The Bertz CT molecular complexity index is 3270. The predicted molar refractivity (Wildman–Crippen MR) is 224 cm³/mol. The highest BCUT2D eigenvalue weighted by Crippen LogP contribution is 2.39. The van der Waals surface area contributed by atoms with Gasteiger partial charge in [0, 0.05) is 49.4 Å². The molecule has 3 heterocycles. The minimum Gasteiger partial charge on any atom is -0.309 e. The largest absolute Gasteiger partial charge is 0.309 e. The van der Waals surface area contributed by atoms with Crippen molar-refractivity contribution in [1.82, 2.24) is 19.1 Å². The molecule has 0 amide bonds. The number of fused-ring (bicyclic) bond motifs is 7. The number of rotatable bonds is 5. The summed E-state index contributed by atoms with van der Waals surface area (Å²) in [7, 11) is 0. The van der Waals surface area contributed by atoms with Crippen LogP contribution in [0.2, 0.25) is 0 Å². The van der Waals surface area contributed by atoms with Gasteiger partial charge in [0.1, 0.15) is 5.82 Å². The topological polar surface area (TPSA) is 35.6 Å². The van der Waals surface area contributed by atoms with Gasteiger partial charge in [-0.05, 0) is 96.1 Å². The van der Waals surface area contributed by atoms with E-state index in [0.717, 1.165) is 83.1 Å². The molecule has 0 aliphatic heterocycles. The van der Waals surface area contributed by atoms with Crippen LogP contribution < -0.4 is 0 Å². The lowest BCUT2D eigenvalue weighted by Gasteiger charge is -2.11. The second-order valence-corrected chi connectivity index (χ2v) is 14.0. The Labute approximate surface area is 316 Å². The lowest BCUT2D eigenvalue weighted by molar-refractivity contribution is 0.627. The van der Waals surface area contributed by atoms with Gasteiger partial charge in [-0.2, -0.15) is 0 Å². The monoisotopic (exact) mass is 706 g/mol. The molecule has 11 aromatic rings. The van der Waals surface area contributed by atoms with Crippen molar-refractivity contribution < 1.29 is 4.39 Å². The van der Waals surface area contributed by atoms with Gasteiger partial charge in [0.15, 0.2) is 5.82 Å². The van der Waals surface area contributed by atoms with Crippen molar-refractivity contribution in [3.63, 3.8) is 0 Å². The Hall–Kier alpha value is -7.37. The summed E-state index contributed by atoms with van der Waals surface area (Å²) >= 11 is 0. The van der Waals surface area contributed by atoms with Crippen LogP contribution in [0.4, 0.5) is 4.39 Å². The number of nitrogens with zero attached hydrogens (tertiary/aromatic N) is 4. The lowest BCUT2D eigenvalue weighted by atomic mass is 10.0. The van der Waals surface area contributed by atoms with Gasteiger partial charge >= 0.3 is 0 Å². The molecule has 11 rings (SSSR count). The molecule has 0 bridgehead atoms. The van der Waals surface area contributed by atoms with Gasteiger partial charge in [-0.3, -0.25) is 0 Å². The van der Waals surface area contributed by atoms with E-state index in [2.05, 4.69) is 137 Å². The summed E-state index contributed by atoms with van der Waals surface area (Å²) in [5.74, 6) is 0.451. The number of benzene rings is 8. The third kappa shape index (κ3) is 5.05. The van der Waals surface area contributed by atoms with Gasteiger partial charge in [-0.1, -0.05) is 103 Å². The molecule has 258 valence electrons. The number of halogens is 1. The zero-order valence-electron chi connectivity index (χ0n) is 29.6. The minimum absolute atomic E-state index is 0.250. The van der Waals surface area contributed by atoms with Gasteiger partial charge in [-0.15, -0.1) is 0 Å². The summed E-state index contributed by atoms with van der Waals surface area (Å²) < 4.78 is 18.9. The second-order valence-electron chi connectivity index (χ2n) is 14.0. The Morgan fingerprint density at radius 3 is 1.55 bits per heavy atom. The summed E-state index contributed by atoms with van der Waals surface area (Å²) in [6, 6.07) is 64.2. The zero-order valence-corrected chi connectivity index (χ0v) is 29.6. The fourth-order valence-electron chi connectivity index (χ4n) is 8.26. The summed E-state index contributed by atoms with van der Waals surface area (Å²) in [5.41, 5.74) is 12.4. The third-order valence-electron chi connectivity index (χ3n) is 10.8. The number of hydrogen-bond acceptors (Lipinski definition) is 2. The average Bonchev–Trinajstić information content (AvgIpc) is 3.76. The van der Waals surface area contributed by atoms with E-state index in [1.807, 2.05) is 42.5 Å². The molecule has 0 unspecified atom stereocenters. The standard InChI is InChI=1S/C50H31FN4/c51-36-13-10-14-38(31-36)55-46-20-9-6-16-40(46)43-30-35(24-28-48(43)55)34-23-27-47-42(29-34)39-15-5-8-19-45(39)54(47)37-25-21-33(22-26-37)50-52-44-18-7-4-17-41(44)49(53-50)32-11-2-1-3-12-32/h1-31H. The first-order valence-electron chi connectivity index (χ1n) is 18.4. The first-order valence-corrected chi connectivity index (χ1v) is 18.4. The first kappa shape index (κ1) is 31.2. The average molecular weight is 707 g/mol. The van der Waals surface area contributed by atoms with Gasteiger partial charge in [0.25, 0.3) is 0 Å². The molecule has 0 aliphatic rings. The van der Waals surface area contributed by atoms with Crippen molar-refractivity contribution in [2.24, 2.45) is 0 Å². The van der Waals surface area contributed by atoms with Crippen molar-refractivity contribution in [2.45, 2.75) is 0 Å². The van der Waals surface area contributed by atoms with Crippen LogP contribution in [-0.4, -0.2) is 19.1 Å². The first-order chi connectivity index (χ1) is 27.2. The molecule has 0 atom stereocenters. The molecule has 0 fully saturated rings. The van der Waals surface area contributed by atoms with E-state index in [1.54, 1.807) is 12.1 Å². The number of para-hydroxylation sites is 3. The van der Waals surface area contributed by atoms with Crippen LogP contribution in [0.15, 0.2) is 188 Å². The second kappa shape index (κ2) is 12.4. The Balaban J connectivity index is 1.02. The molecule has 3 aromatic heterocycles. The Morgan fingerprint density at radius 2 is 0.891 bits per heavy atom. The van der Waals surface area contributed by atoms with Gasteiger partial charge < -0.3 is 9.13 Å². The fourth-order valence-corrected chi connectivity index (χ4v) is 8.26. The molecule has 0 N–H and O–H groups in total. The SMILES string of the molecule is Fc1cccc(-n2c3ccccc3c3cc(-c4ccc5c(c4)c4ccccc4n5-c4ccc(-c5nc(-c6ccccc6)c6ccccc6n5)cc4)ccc32)c1. The number of aromatic nitrogens is 4. The van der Waals surface area contributed by atoms with E-state index in [9.17, 15) is 4.39 Å². The summed E-state index contributed by atoms with van der Waals surface area (Å²) in [5, 5.41) is 5.68. The molecule has 0 spiro atoms. The van der Waals surface area contributed by atoms with Crippen LogP contribution in [0.5, 0.6) is 0 Å². The predicted octanol–water partition coefficient (Wildman–Crippen LogP) is 13.0. The Kier molecular flexibility index (Phi) is 7.01. The van der Waals surface area contributed by atoms with E-state index in [4.69, 9.17) is 9.97 Å². The normalized spacial score (nSPS) is 11.7. The maximum absolute atomic E-state index is 14.4. The smallest absolute Gasteiger partial charge is 0.160 e. The third-order valence-corrected chi connectivity index (χ3v) is 10.8. The quantitative estimate of drug-likeness (QED) is 0.179. The zero-order chi connectivity index (χ0) is 36.5. The van der Waals surface area contributed by atoms with Crippen LogP contribution in [0.3, 0.4) is 0 Å². The molecule has 8 aromatic carbocycles. The molecule has 55 heavy (non-hydrogen) atoms. The minimum atomic E-state index is -0.250. The van der Waals surface area contributed by atoms with Crippen molar-refractivity contribution in [3.05, 3.63) is 194 Å². The van der Waals surface area contributed by atoms with Crippen LogP contribution in [0, 0.1) is 5.82 Å². The van der Waals surface area contributed by atoms with E-state index < -0.39 is 0 Å². The van der Waals surface area contributed by atoms with Crippen molar-refractivity contribution >= 4 is 54.5 Å². The highest BCUT2D eigenvalue weighted by Gasteiger charge is 2.17. The molecule has 0 saturated carbocycles. The fraction of sp³-hybridized carbons (Fsp3) is 0. The molecule has 5 heteroatoms. The van der Waals surface area contributed by atoms with Gasteiger partial charge in [0.2, 0.25) is 0 Å². The molecule has 4 nitrogen and oxygen atoms in total. The molecular formula is C50H31FN4. The van der Waals surface area contributed by atoms with Crippen LogP contribution in [-0.2, 0) is 0 Å². The maximum Gasteiger partial charge on any atom is 0.160 e. The number of hydrogen-bond donors (Lipinski definition) is 0. The molecule has 0 aliphatic carbocycles. The van der Waals surface area contributed by atoms with Crippen molar-refractivity contribution in [2.75, 3.05) is 0 Å². The van der Waals surface area contributed by atoms with E-state index in [-0.39, 0.29) is 5.82 Å². The summed E-state index contributed by atoms with van der Waals surface area (Å²) in [4.78, 5) is 10.1. The van der Waals surface area contributed by atoms with Crippen LogP contribution in [0.25, 0.3) is 99.7 Å². The van der Waals surface area contributed by atoms with E-state index in [1.165, 1.54) is 16.8 Å².